The average Bonchev–Trinajstić information content (AvgIpc) is 3.04. The van der Waals surface area contributed by atoms with Crippen LogP contribution in [0.5, 0.6) is 0 Å². The number of hydrogen-bond donors (Lipinski definition) is 0. The van der Waals surface area contributed by atoms with Crippen LogP contribution >= 0.6 is 0 Å². The monoisotopic (exact) mass is 186 g/mol. The van der Waals surface area contributed by atoms with Gasteiger partial charge in [-0.05, 0) is 17.5 Å². The van der Waals surface area contributed by atoms with Crippen molar-refractivity contribution in [2.45, 2.75) is 25.4 Å². The number of rotatable bonds is 3. The van der Waals surface area contributed by atoms with Crippen LogP contribution in [0.3, 0.4) is 0 Å². The molecule has 2 rings (SSSR count). The van der Waals surface area contributed by atoms with Gasteiger partial charge in [0.15, 0.2) is 0 Å². The van der Waals surface area contributed by atoms with Crippen molar-refractivity contribution in [2.75, 3.05) is 6.61 Å². The SMILES string of the molecule is C#CC(c1ccc(CC)cc1)C1CO1. The van der Waals surface area contributed by atoms with Crippen LogP contribution in [0.25, 0.3) is 0 Å². The first-order valence-electron chi connectivity index (χ1n) is 5.01. The fourth-order valence-electron chi connectivity index (χ4n) is 1.63. The maximum atomic E-state index is 5.49. The van der Waals surface area contributed by atoms with Crippen LogP contribution in [0.15, 0.2) is 24.3 Å². The van der Waals surface area contributed by atoms with Gasteiger partial charge in [0, 0.05) is 0 Å². The molecule has 0 aromatic heterocycles. The smallest absolute Gasteiger partial charge is 0.0987 e. The predicted octanol–water partition coefficient (Wildman–Crippen LogP) is 2.36. The lowest BCUT2D eigenvalue weighted by atomic mass is 9.95. The minimum atomic E-state index is 0.140. The third kappa shape index (κ3) is 1.81. The van der Waals surface area contributed by atoms with Crippen molar-refractivity contribution in [3.63, 3.8) is 0 Å². The van der Waals surface area contributed by atoms with Crippen molar-refractivity contribution in [1.29, 1.82) is 0 Å². The van der Waals surface area contributed by atoms with Gasteiger partial charge in [-0.3, -0.25) is 0 Å². The third-order valence-electron chi connectivity index (χ3n) is 2.66. The Morgan fingerprint density at radius 1 is 1.50 bits per heavy atom. The summed E-state index contributed by atoms with van der Waals surface area (Å²) in [5.41, 5.74) is 2.55. The fraction of sp³-hybridized carbons (Fsp3) is 0.385. The Kier molecular flexibility index (Phi) is 2.56. The van der Waals surface area contributed by atoms with E-state index in [4.69, 9.17) is 11.2 Å². The van der Waals surface area contributed by atoms with Gasteiger partial charge in [-0.25, -0.2) is 0 Å². The van der Waals surface area contributed by atoms with Crippen LogP contribution in [-0.2, 0) is 11.2 Å². The standard InChI is InChI=1S/C13H14O/c1-3-10-5-7-11(8-6-10)12(4-2)13-9-14-13/h2,5-8,12-13H,3,9H2,1H3. The molecule has 1 aliphatic heterocycles. The Balaban J connectivity index is 2.18. The first-order valence-corrected chi connectivity index (χ1v) is 5.01. The molecule has 0 saturated carbocycles. The minimum Gasteiger partial charge on any atom is -0.371 e. The van der Waals surface area contributed by atoms with Gasteiger partial charge in [-0.15, -0.1) is 6.42 Å². The minimum absolute atomic E-state index is 0.140. The van der Waals surface area contributed by atoms with E-state index < -0.39 is 0 Å². The maximum Gasteiger partial charge on any atom is 0.0987 e. The summed E-state index contributed by atoms with van der Waals surface area (Å²) in [6.07, 6.45) is 6.81. The van der Waals surface area contributed by atoms with Gasteiger partial charge in [-0.2, -0.15) is 0 Å². The highest BCUT2D eigenvalue weighted by atomic mass is 16.6. The van der Waals surface area contributed by atoms with Gasteiger partial charge >= 0.3 is 0 Å². The highest BCUT2D eigenvalue weighted by molar-refractivity contribution is 5.32. The molecule has 1 fully saturated rings. The molecule has 1 aromatic carbocycles. The van der Waals surface area contributed by atoms with Gasteiger partial charge in [0.1, 0.15) is 0 Å². The number of ether oxygens (including phenoxy) is 1. The zero-order valence-electron chi connectivity index (χ0n) is 8.36. The normalized spacial score (nSPS) is 21.3. The van der Waals surface area contributed by atoms with E-state index in [9.17, 15) is 0 Å². The average molecular weight is 186 g/mol. The molecule has 0 aliphatic carbocycles. The first kappa shape index (κ1) is 9.30. The van der Waals surface area contributed by atoms with Crippen LogP contribution in [0, 0.1) is 12.3 Å². The maximum absolute atomic E-state index is 5.49. The van der Waals surface area contributed by atoms with Crippen LogP contribution in [0.4, 0.5) is 0 Å². The second-order valence-corrected chi connectivity index (χ2v) is 3.61. The van der Waals surface area contributed by atoms with Crippen molar-refractivity contribution in [1.82, 2.24) is 0 Å². The van der Waals surface area contributed by atoms with Crippen LogP contribution in [-0.4, -0.2) is 12.7 Å². The van der Waals surface area contributed by atoms with E-state index in [2.05, 4.69) is 37.1 Å². The molecule has 0 spiro atoms. The molecule has 14 heavy (non-hydrogen) atoms. The summed E-state index contributed by atoms with van der Waals surface area (Å²) in [6, 6.07) is 8.51. The van der Waals surface area contributed by atoms with Crippen molar-refractivity contribution in [2.24, 2.45) is 0 Å². The largest absolute Gasteiger partial charge is 0.371 e. The summed E-state index contributed by atoms with van der Waals surface area (Å²) in [4.78, 5) is 0. The van der Waals surface area contributed by atoms with Crippen molar-refractivity contribution >= 4 is 0 Å². The molecule has 1 nitrogen and oxygen atoms in total. The van der Waals surface area contributed by atoms with Gasteiger partial charge in [-0.1, -0.05) is 37.1 Å². The lowest BCUT2D eigenvalue weighted by Gasteiger charge is -2.08. The van der Waals surface area contributed by atoms with Gasteiger partial charge < -0.3 is 4.74 Å². The molecular formula is C13H14O. The number of hydrogen-bond acceptors (Lipinski definition) is 1. The Hall–Kier alpha value is -1.26. The molecule has 0 bridgehead atoms. The lowest BCUT2D eigenvalue weighted by Crippen LogP contribution is -2.03. The Morgan fingerprint density at radius 3 is 2.57 bits per heavy atom. The van der Waals surface area contributed by atoms with Crippen LogP contribution in [0.2, 0.25) is 0 Å². The molecule has 1 aromatic rings. The molecule has 0 N–H and O–H groups in total. The Morgan fingerprint density at radius 2 is 2.14 bits per heavy atom. The molecule has 2 atom stereocenters. The molecule has 0 amide bonds. The van der Waals surface area contributed by atoms with Crippen LogP contribution in [0.1, 0.15) is 24.0 Å². The Bertz CT molecular complexity index is 340. The summed E-state index contributed by atoms with van der Waals surface area (Å²) < 4.78 is 5.23. The second-order valence-electron chi connectivity index (χ2n) is 3.61. The zero-order chi connectivity index (χ0) is 9.97. The van der Waals surface area contributed by atoms with E-state index in [-0.39, 0.29) is 12.0 Å². The number of terminal acetylenes is 1. The summed E-state index contributed by atoms with van der Waals surface area (Å²) in [5.74, 6) is 2.93. The molecule has 1 heterocycles. The number of aryl methyl sites for hydroxylation is 1. The predicted molar refractivity (Wildman–Crippen MR) is 57.1 cm³/mol. The van der Waals surface area contributed by atoms with Gasteiger partial charge in [0.25, 0.3) is 0 Å². The highest BCUT2D eigenvalue weighted by Crippen LogP contribution is 2.29. The highest BCUT2D eigenvalue weighted by Gasteiger charge is 2.32. The summed E-state index contributed by atoms with van der Waals surface area (Å²) >= 11 is 0. The van der Waals surface area contributed by atoms with Crippen molar-refractivity contribution in [3.8, 4) is 12.3 Å². The first-order chi connectivity index (χ1) is 6.85. The van der Waals surface area contributed by atoms with Crippen LogP contribution < -0.4 is 0 Å². The molecule has 72 valence electrons. The quantitative estimate of drug-likeness (QED) is 0.521. The molecule has 1 aliphatic rings. The van der Waals surface area contributed by atoms with E-state index in [1.807, 2.05) is 0 Å². The van der Waals surface area contributed by atoms with E-state index in [1.54, 1.807) is 0 Å². The molecule has 0 radical (unpaired) electrons. The molecule has 2 unspecified atom stereocenters. The fourth-order valence-corrected chi connectivity index (χ4v) is 1.63. The topological polar surface area (TPSA) is 12.5 Å². The molecule has 1 heteroatoms. The van der Waals surface area contributed by atoms with E-state index in [0.29, 0.717) is 0 Å². The summed E-state index contributed by atoms with van der Waals surface area (Å²) in [6.45, 7) is 2.96. The van der Waals surface area contributed by atoms with Crippen molar-refractivity contribution < 1.29 is 4.74 Å². The van der Waals surface area contributed by atoms with Gasteiger partial charge in [0.05, 0.1) is 18.6 Å². The molecule has 1 saturated heterocycles. The number of benzene rings is 1. The van der Waals surface area contributed by atoms with E-state index in [0.717, 1.165) is 13.0 Å². The lowest BCUT2D eigenvalue weighted by molar-refractivity contribution is 0.396. The van der Waals surface area contributed by atoms with Gasteiger partial charge in [0.2, 0.25) is 0 Å². The summed E-state index contributed by atoms with van der Waals surface area (Å²) in [7, 11) is 0. The second kappa shape index (κ2) is 3.86. The Labute approximate surface area is 85.1 Å². The molecular weight excluding hydrogens is 172 g/mol. The third-order valence-corrected chi connectivity index (χ3v) is 2.66. The summed E-state index contributed by atoms with van der Waals surface area (Å²) in [5, 5.41) is 0. The van der Waals surface area contributed by atoms with E-state index in [1.165, 1.54) is 11.1 Å². The number of epoxide rings is 1. The van der Waals surface area contributed by atoms with E-state index >= 15 is 0 Å². The van der Waals surface area contributed by atoms with Crippen molar-refractivity contribution in [3.05, 3.63) is 35.4 Å². The zero-order valence-corrected chi connectivity index (χ0v) is 8.36.